The van der Waals surface area contributed by atoms with Gasteiger partial charge in [-0.2, -0.15) is 0 Å². The molecule has 164 valence electrons. The molecule has 0 saturated carbocycles. The van der Waals surface area contributed by atoms with E-state index in [1.165, 1.54) is 11.3 Å². The van der Waals surface area contributed by atoms with Crippen molar-refractivity contribution in [2.24, 2.45) is 0 Å². The lowest BCUT2D eigenvalue weighted by atomic mass is 10.0. The molecule has 2 heterocycles. The predicted octanol–water partition coefficient (Wildman–Crippen LogP) is 5.59. The Bertz CT molecular complexity index is 1370. The van der Waals surface area contributed by atoms with Crippen molar-refractivity contribution in [1.82, 2.24) is 9.55 Å². The van der Waals surface area contributed by atoms with Gasteiger partial charge in [0.25, 0.3) is 5.56 Å². The van der Waals surface area contributed by atoms with Crippen LogP contribution in [-0.2, 0) is 13.0 Å². The molecule has 0 spiro atoms. The Labute approximate surface area is 191 Å². The third kappa shape index (κ3) is 4.10. The summed E-state index contributed by atoms with van der Waals surface area (Å²) in [5.74, 6) is 1.29. The van der Waals surface area contributed by atoms with Crippen LogP contribution in [0.3, 0.4) is 0 Å². The molecule has 4 aromatic rings. The van der Waals surface area contributed by atoms with E-state index < -0.39 is 0 Å². The van der Waals surface area contributed by atoms with Crippen molar-refractivity contribution in [2.45, 2.75) is 40.2 Å². The van der Waals surface area contributed by atoms with Gasteiger partial charge in [0.05, 0.1) is 19.0 Å². The van der Waals surface area contributed by atoms with Crippen LogP contribution in [0.15, 0.2) is 52.6 Å². The largest absolute Gasteiger partial charge is 0.497 e. The quantitative estimate of drug-likeness (QED) is 0.347. The Hall–Kier alpha value is -3.25. The summed E-state index contributed by atoms with van der Waals surface area (Å²) in [6.45, 7) is 6.02. The second kappa shape index (κ2) is 9.09. The van der Waals surface area contributed by atoms with Crippen LogP contribution < -0.4 is 10.3 Å². The zero-order valence-electron chi connectivity index (χ0n) is 18.8. The first-order chi connectivity index (χ1) is 15.4. The Kier molecular flexibility index (Phi) is 6.24. The molecular weight excluding hydrogens is 420 g/mol. The number of ether oxygens (including phenoxy) is 1. The number of hydrogen-bond acceptors (Lipinski definition) is 5. The van der Waals surface area contributed by atoms with Crippen LogP contribution in [0.5, 0.6) is 5.75 Å². The van der Waals surface area contributed by atoms with E-state index in [0.717, 1.165) is 34.4 Å². The molecule has 2 aromatic carbocycles. The molecule has 0 aliphatic carbocycles. The fraction of sp³-hybridized carbons (Fsp3) is 0.269. The zero-order chi connectivity index (χ0) is 22.8. The minimum absolute atomic E-state index is 0.0208. The molecule has 0 radical (unpaired) electrons. The second-order valence-corrected chi connectivity index (χ2v) is 8.81. The van der Waals surface area contributed by atoms with Crippen molar-refractivity contribution in [2.75, 3.05) is 7.11 Å². The summed E-state index contributed by atoms with van der Waals surface area (Å²) in [5.41, 5.74) is 4.34. The fourth-order valence-corrected chi connectivity index (χ4v) is 4.75. The highest BCUT2D eigenvalue weighted by Gasteiger charge is 2.19. The smallest absolute Gasteiger partial charge is 0.263 e. The van der Waals surface area contributed by atoms with Gasteiger partial charge in [-0.15, -0.1) is 11.3 Å². The lowest BCUT2D eigenvalue weighted by Crippen LogP contribution is -2.28. The summed E-state index contributed by atoms with van der Waals surface area (Å²) in [5, 5.41) is 2.51. The summed E-state index contributed by atoms with van der Waals surface area (Å²) in [4.78, 5) is 32.3. The summed E-state index contributed by atoms with van der Waals surface area (Å²) in [7, 11) is 1.62. The normalized spacial score (nSPS) is 11.1. The highest BCUT2D eigenvalue weighted by atomic mass is 32.1. The Balaban J connectivity index is 1.84. The highest BCUT2D eigenvalue weighted by Crippen LogP contribution is 2.33. The molecule has 4 rings (SSSR count). The fourth-order valence-electron chi connectivity index (χ4n) is 3.80. The molecule has 0 unspecified atom stereocenters. The van der Waals surface area contributed by atoms with E-state index in [1.54, 1.807) is 11.7 Å². The maximum absolute atomic E-state index is 13.7. The number of benzene rings is 2. The first-order valence-corrected chi connectivity index (χ1v) is 11.6. The number of carbonyl (C=O) groups excluding carboxylic acids is 1. The lowest BCUT2D eigenvalue weighted by molar-refractivity contribution is 0.0969. The lowest BCUT2D eigenvalue weighted by Gasteiger charge is -2.13. The molecule has 0 fully saturated rings. The molecule has 0 saturated heterocycles. The van der Waals surface area contributed by atoms with Crippen molar-refractivity contribution in [3.63, 3.8) is 0 Å². The molecule has 6 heteroatoms. The van der Waals surface area contributed by atoms with Crippen molar-refractivity contribution < 1.29 is 9.53 Å². The van der Waals surface area contributed by atoms with Gasteiger partial charge < -0.3 is 4.74 Å². The molecule has 0 aliphatic rings. The number of fused-ring (bicyclic) bond motifs is 1. The van der Waals surface area contributed by atoms with E-state index >= 15 is 0 Å². The minimum atomic E-state index is -0.172. The van der Waals surface area contributed by atoms with E-state index in [1.807, 2.05) is 68.6 Å². The van der Waals surface area contributed by atoms with Crippen LogP contribution >= 0.6 is 11.3 Å². The number of nitrogens with zero attached hydrogens (tertiary/aromatic N) is 2. The number of Topliss-reactive ketones (excluding diaryl/α,β-unsaturated/α-hetero) is 1. The number of aryl methyl sites for hydroxylation is 3. The molecule has 2 aromatic heterocycles. The second-order valence-electron chi connectivity index (χ2n) is 7.95. The molecule has 5 nitrogen and oxygen atoms in total. The standard InChI is InChI=1S/C26H26N2O3S/c1-5-7-23-27-25-24(21(15-32-25)18-8-6-9-20(13-18)31-4)26(30)28(23)14-22(29)19-11-10-16(2)17(3)12-19/h6,8-13,15H,5,7,14H2,1-4H3. The zero-order valence-corrected chi connectivity index (χ0v) is 19.6. The van der Waals surface area contributed by atoms with Gasteiger partial charge in [-0.05, 0) is 55.2 Å². The van der Waals surface area contributed by atoms with Crippen LogP contribution in [0.4, 0.5) is 0 Å². The van der Waals surface area contributed by atoms with E-state index in [4.69, 9.17) is 9.72 Å². The molecule has 0 bridgehead atoms. The molecule has 0 aliphatic heterocycles. The molecule has 0 amide bonds. The minimum Gasteiger partial charge on any atom is -0.497 e. The molecule has 0 N–H and O–H groups in total. The van der Waals surface area contributed by atoms with Gasteiger partial charge in [-0.3, -0.25) is 14.2 Å². The van der Waals surface area contributed by atoms with Gasteiger partial charge >= 0.3 is 0 Å². The van der Waals surface area contributed by atoms with Crippen LogP contribution in [0.1, 0.15) is 40.7 Å². The average molecular weight is 447 g/mol. The number of hydrogen-bond donors (Lipinski definition) is 0. The maximum atomic E-state index is 13.7. The van der Waals surface area contributed by atoms with Gasteiger partial charge in [0.2, 0.25) is 0 Å². The number of carbonyl (C=O) groups is 1. The van der Waals surface area contributed by atoms with Crippen LogP contribution in [0.2, 0.25) is 0 Å². The topological polar surface area (TPSA) is 61.2 Å². The number of methoxy groups -OCH3 is 1. The van der Waals surface area contributed by atoms with Crippen LogP contribution in [0.25, 0.3) is 21.3 Å². The van der Waals surface area contributed by atoms with Crippen LogP contribution in [0, 0.1) is 13.8 Å². The monoisotopic (exact) mass is 446 g/mol. The average Bonchev–Trinajstić information content (AvgIpc) is 3.22. The Morgan fingerprint density at radius 3 is 2.66 bits per heavy atom. The van der Waals surface area contributed by atoms with E-state index in [0.29, 0.717) is 28.0 Å². The third-order valence-corrected chi connectivity index (χ3v) is 6.63. The summed E-state index contributed by atoms with van der Waals surface area (Å²) in [6, 6.07) is 13.3. The summed E-state index contributed by atoms with van der Waals surface area (Å²) < 4.78 is 6.90. The maximum Gasteiger partial charge on any atom is 0.263 e. The van der Waals surface area contributed by atoms with Crippen molar-refractivity contribution in [3.05, 3.63) is 80.7 Å². The van der Waals surface area contributed by atoms with Gasteiger partial charge in [0.15, 0.2) is 5.78 Å². The molecule has 32 heavy (non-hydrogen) atoms. The van der Waals surface area contributed by atoms with Gasteiger partial charge in [-0.25, -0.2) is 4.98 Å². The highest BCUT2D eigenvalue weighted by molar-refractivity contribution is 7.17. The van der Waals surface area contributed by atoms with Crippen LogP contribution in [-0.4, -0.2) is 22.4 Å². The van der Waals surface area contributed by atoms with Gasteiger partial charge in [0.1, 0.15) is 16.4 Å². The van der Waals surface area contributed by atoms with E-state index in [9.17, 15) is 9.59 Å². The first-order valence-electron chi connectivity index (χ1n) is 10.7. The number of ketones is 1. The summed E-state index contributed by atoms with van der Waals surface area (Å²) in [6.07, 6.45) is 1.47. The van der Waals surface area contributed by atoms with Crippen molar-refractivity contribution in [3.8, 4) is 16.9 Å². The van der Waals surface area contributed by atoms with E-state index in [-0.39, 0.29) is 17.9 Å². The Morgan fingerprint density at radius 2 is 1.94 bits per heavy atom. The van der Waals surface area contributed by atoms with Crippen molar-refractivity contribution >= 4 is 27.3 Å². The summed E-state index contributed by atoms with van der Waals surface area (Å²) >= 11 is 1.45. The Morgan fingerprint density at radius 1 is 1.12 bits per heavy atom. The SMILES string of the molecule is CCCc1nc2scc(-c3cccc(OC)c3)c2c(=O)n1CC(=O)c1ccc(C)c(C)c1. The number of thiophene rings is 1. The van der Waals surface area contributed by atoms with Gasteiger partial charge in [0, 0.05) is 22.9 Å². The molecular formula is C26H26N2O3S. The van der Waals surface area contributed by atoms with Crippen molar-refractivity contribution in [1.29, 1.82) is 0 Å². The first kappa shape index (κ1) is 22.0. The predicted molar refractivity (Wildman–Crippen MR) is 130 cm³/mol. The molecule has 0 atom stereocenters. The van der Waals surface area contributed by atoms with E-state index in [2.05, 4.69) is 0 Å². The van der Waals surface area contributed by atoms with Gasteiger partial charge in [-0.1, -0.05) is 31.2 Å². The number of rotatable bonds is 7. The third-order valence-electron chi connectivity index (χ3n) is 5.76. The number of aromatic nitrogens is 2.